The molecule has 3 nitrogen and oxygen atoms in total. The molecule has 1 saturated carbocycles. The van der Waals surface area contributed by atoms with Gasteiger partial charge in [-0.05, 0) is 37.1 Å². The molecule has 1 aliphatic carbocycles. The highest BCUT2D eigenvalue weighted by atomic mass is 19.3. The fraction of sp³-hybridized carbons (Fsp3) is 0.190. The van der Waals surface area contributed by atoms with Crippen molar-refractivity contribution in [2.75, 3.05) is 0 Å². The van der Waals surface area contributed by atoms with Gasteiger partial charge in [0, 0.05) is 22.3 Å². The molecule has 0 N–H and O–H groups in total. The van der Waals surface area contributed by atoms with E-state index in [9.17, 15) is 22.4 Å². The van der Waals surface area contributed by atoms with Crippen molar-refractivity contribution in [1.29, 1.82) is 0 Å². The van der Waals surface area contributed by atoms with E-state index in [1.807, 2.05) is 0 Å². The van der Waals surface area contributed by atoms with Crippen LogP contribution in [0.5, 0.6) is 11.5 Å². The van der Waals surface area contributed by atoms with E-state index in [-0.39, 0.29) is 17.3 Å². The monoisotopic (exact) mass is 392 g/mol. The van der Waals surface area contributed by atoms with Crippen LogP contribution in [0, 0.1) is 0 Å². The summed E-state index contributed by atoms with van der Waals surface area (Å²) in [5.41, 5.74) is 1.61. The molecular weight excluding hydrogens is 376 g/mol. The lowest BCUT2D eigenvalue weighted by Gasteiger charge is -2.08. The molecule has 0 radical (unpaired) electrons. The van der Waals surface area contributed by atoms with Crippen LogP contribution in [0.3, 0.4) is 0 Å². The van der Waals surface area contributed by atoms with E-state index in [1.54, 1.807) is 36.4 Å². The number of halogens is 4. The molecule has 0 spiro atoms. The Morgan fingerprint density at radius 3 is 1.50 bits per heavy atom. The van der Waals surface area contributed by atoms with Gasteiger partial charge in [0.25, 0.3) is 0 Å². The summed E-state index contributed by atoms with van der Waals surface area (Å²) in [5, 5.41) is 0. The third kappa shape index (κ3) is 4.79. The lowest BCUT2D eigenvalue weighted by atomic mass is 10.1. The SMILES string of the molecule is O=C1C(=Cc2ccccc2OC(F)F)CCC1=Cc1ccccc1OC(F)F. The van der Waals surface area contributed by atoms with Gasteiger partial charge in [-0.25, -0.2) is 0 Å². The topological polar surface area (TPSA) is 35.5 Å². The number of ketones is 1. The van der Waals surface area contributed by atoms with Gasteiger partial charge in [-0.3, -0.25) is 4.79 Å². The van der Waals surface area contributed by atoms with Gasteiger partial charge >= 0.3 is 13.2 Å². The molecule has 7 heteroatoms. The Bertz CT molecular complexity index is 846. The number of ether oxygens (including phenoxy) is 2. The summed E-state index contributed by atoms with van der Waals surface area (Å²) in [7, 11) is 0. The Morgan fingerprint density at radius 1 is 0.714 bits per heavy atom. The lowest BCUT2D eigenvalue weighted by Crippen LogP contribution is -2.04. The van der Waals surface area contributed by atoms with E-state index < -0.39 is 13.2 Å². The molecule has 0 atom stereocenters. The first-order chi connectivity index (χ1) is 13.4. The standard InChI is InChI=1S/C21H16F4O3/c22-20(23)27-17-7-3-1-5-13(17)11-15-9-10-16(19(15)26)12-14-6-2-4-8-18(14)28-21(24)25/h1-8,11-12,20-21H,9-10H2. The van der Waals surface area contributed by atoms with Crippen molar-refractivity contribution in [3.8, 4) is 11.5 Å². The Kier molecular flexibility index (Phi) is 6.13. The Balaban J connectivity index is 1.87. The molecule has 2 aromatic carbocycles. The number of hydrogen-bond acceptors (Lipinski definition) is 3. The number of para-hydroxylation sites is 2. The zero-order valence-corrected chi connectivity index (χ0v) is 14.6. The lowest BCUT2D eigenvalue weighted by molar-refractivity contribution is -0.111. The molecule has 2 aromatic rings. The molecule has 0 bridgehead atoms. The second-order valence-electron chi connectivity index (χ2n) is 6.00. The first kappa shape index (κ1) is 19.7. The van der Waals surface area contributed by atoms with Crippen molar-refractivity contribution in [2.24, 2.45) is 0 Å². The van der Waals surface area contributed by atoms with Crippen molar-refractivity contribution in [3.63, 3.8) is 0 Å². The third-order valence-electron chi connectivity index (χ3n) is 4.18. The second-order valence-corrected chi connectivity index (χ2v) is 6.00. The van der Waals surface area contributed by atoms with E-state index in [0.717, 1.165) is 0 Å². The summed E-state index contributed by atoms with van der Waals surface area (Å²) in [6.45, 7) is -5.94. The van der Waals surface area contributed by atoms with Gasteiger partial charge in [-0.2, -0.15) is 17.6 Å². The van der Waals surface area contributed by atoms with Gasteiger partial charge in [0.2, 0.25) is 0 Å². The number of rotatable bonds is 6. The summed E-state index contributed by atoms with van der Waals surface area (Å²) in [6, 6.07) is 12.4. The number of alkyl halides is 4. The van der Waals surface area contributed by atoms with E-state index in [1.165, 1.54) is 24.3 Å². The summed E-state index contributed by atoms with van der Waals surface area (Å²) >= 11 is 0. The number of carbonyl (C=O) groups excluding carboxylic acids is 1. The van der Waals surface area contributed by atoms with Gasteiger partial charge in [-0.15, -0.1) is 0 Å². The Hall–Kier alpha value is -3.09. The molecular formula is C21H16F4O3. The Morgan fingerprint density at radius 2 is 1.11 bits per heavy atom. The van der Waals surface area contributed by atoms with Crippen molar-refractivity contribution < 1.29 is 31.8 Å². The summed E-state index contributed by atoms with van der Waals surface area (Å²) in [5.74, 6) is -0.310. The molecule has 146 valence electrons. The molecule has 0 heterocycles. The maximum Gasteiger partial charge on any atom is 0.387 e. The van der Waals surface area contributed by atoms with Gasteiger partial charge < -0.3 is 9.47 Å². The zero-order valence-electron chi connectivity index (χ0n) is 14.6. The van der Waals surface area contributed by atoms with Gasteiger partial charge in [-0.1, -0.05) is 36.4 Å². The van der Waals surface area contributed by atoms with Crippen LogP contribution >= 0.6 is 0 Å². The van der Waals surface area contributed by atoms with Crippen LogP contribution in [0.15, 0.2) is 59.7 Å². The molecule has 0 aromatic heterocycles. The first-order valence-electron chi connectivity index (χ1n) is 8.47. The maximum absolute atomic E-state index is 12.7. The van der Waals surface area contributed by atoms with Gasteiger partial charge in [0.1, 0.15) is 11.5 Å². The highest BCUT2D eigenvalue weighted by molar-refractivity contribution is 6.15. The molecule has 3 rings (SSSR count). The summed E-state index contributed by atoms with van der Waals surface area (Å²) in [6.07, 6.45) is 3.85. The van der Waals surface area contributed by atoms with Crippen LogP contribution in [0.2, 0.25) is 0 Å². The average Bonchev–Trinajstić information content (AvgIpc) is 2.97. The number of hydrogen-bond donors (Lipinski definition) is 0. The predicted molar refractivity (Wildman–Crippen MR) is 96.3 cm³/mol. The van der Waals surface area contributed by atoms with E-state index in [4.69, 9.17) is 0 Å². The molecule has 1 aliphatic rings. The molecule has 0 amide bonds. The number of Topliss-reactive ketones (excluding diaryl/α,β-unsaturated/α-hetero) is 1. The van der Waals surface area contributed by atoms with E-state index in [0.29, 0.717) is 35.1 Å². The summed E-state index contributed by atoms with van der Waals surface area (Å²) in [4.78, 5) is 12.7. The van der Waals surface area contributed by atoms with Crippen molar-refractivity contribution in [2.45, 2.75) is 26.1 Å². The maximum atomic E-state index is 12.7. The normalized spacial score (nSPS) is 17.1. The minimum atomic E-state index is -2.97. The number of benzene rings is 2. The molecule has 1 fully saturated rings. The molecule has 28 heavy (non-hydrogen) atoms. The Labute approximate surface area is 158 Å². The quantitative estimate of drug-likeness (QED) is 0.466. The van der Waals surface area contributed by atoms with Crippen LogP contribution in [-0.2, 0) is 4.79 Å². The fourth-order valence-corrected chi connectivity index (χ4v) is 2.96. The highest BCUT2D eigenvalue weighted by Gasteiger charge is 2.24. The van der Waals surface area contributed by atoms with Gasteiger partial charge in [0.15, 0.2) is 5.78 Å². The van der Waals surface area contributed by atoms with Crippen LogP contribution in [-0.4, -0.2) is 19.0 Å². The minimum Gasteiger partial charge on any atom is -0.434 e. The molecule has 0 saturated heterocycles. The second kappa shape index (κ2) is 8.73. The summed E-state index contributed by atoms with van der Waals surface area (Å²) < 4.78 is 59.1. The van der Waals surface area contributed by atoms with Crippen LogP contribution in [0.1, 0.15) is 24.0 Å². The number of carbonyl (C=O) groups is 1. The zero-order chi connectivity index (χ0) is 20.1. The van der Waals surface area contributed by atoms with Crippen molar-refractivity contribution in [1.82, 2.24) is 0 Å². The molecule has 0 unspecified atom stereocenters. The van der Waals surface area contributed by atoms with Crippen LogP contribution < -0.4 is 9.47 Å². The third-order valence-corrected chi connectivity index (χ3v) is 4.18. The fourth-order valence-electron chi connectivity index (χ4n) is 2.96. The van der Waals surface area contributed by atoms with E-state index in [2.05, 4.69) is 9.47 Å². The van der Waals surface area contributed by atoms with Crippen molar-refractivity contribution >= 4 is 17.9 Å². The van der Waals surface area contributed by atoms with Gasteiger partial charge in [0.05, 0.1) is 0 Å². The van der Waals surface area contributed by atoms with Crippen molar-refractivity contribution in [3.05, 3.63) is 70.8 Å². The predicted octanol–water partition coefficient (Wildman–Crippen LogP) is 5.72. The first-order valence-corrected chi connectivity index (χ1v) is 8.47. The highest BCUT2D eigenvalue weighted by Crippen LogP contribution is 2.33. The molecule has 0 aliphatic heterocycles. The van der Waals surface area contributed by atoms with Crippen LogP contribution in [0.25, 0.3) is 12.2 Å². The van der Waals surface area contributed by atoms with E-state index >= 15 is 0 Å². The average molecular weight is 392 g/mol. The largest absolute Gasteiger partial charge is 0.434 e. The van der Waals surface area contributed by atoms with Crippen LogP contribution in [0.4, 0.5) is 17.6 Å². The number of allylic oxidation sites excluding steroid dienone is 2. The smallest absolute Gasteiger partial charge is 0.387 e. The minimum absolute atomic E-state index is 0.0223.